The Morgan fingerprint density at radius 3 is 2.33 bits per heavy atom. The van der Waals surface area contributed by atoms with Crippen molar-refractivity contribution in [1.82, 2.24) is 4.90 Å². The second-order valence-corrected chi connectivity index (χ2v) is 5.35. The fourth-order valence-electron chi connectivity index (χ4n) is 2.42. The van der Waals surface area contributed by atoms with Crippen LogP contribution in [0.2, 0.25) is 0 Å². The zero-order chi connectivity index (χ0) is 13.1. The molecule has 0 aliphatic heterocycles. The molecule has 1 saturated carbocycles. The van der Waals surface area contributed by atoms with Crippen molar-refractivity contribution in [1.29, 1.82) is 0 Å². The van der Waals surface area contributed by atoms with Gasteiger partial charge in [0.25, 0.3) is 0 Å². The van der Waals surface area contributed by atoms with E-state index < -0.39 is 5.97 Å². The lowest BCUT2D eigenvalue weighted by atomic mass is 9.90. The fourth-order valence-corrected chi connectivity index (χ4v) is 2.42. The topological polar surface area (TPSA) is 40.5 Å². The number of hydrogen-bond donors (Lipinski definition) is 1. The van der Waals surface area contributed by atoms with E-state index in [2.05, 4.69) is 18.7 Å². The number of carbonyl (C=O) groups is 1. The Morgan fingerprint density at radius 2 is 1.94 bits per heavy atom. The number of carboxylic acids is 1. The highest BCUT2D eigenvalue weighted by Crippen LogP contribution is 2.27. The summed E-state index contributed by atoms with van der Waals surface area (Å²) in [5, 5.41) is 8.87. The predicted molar refractivity (Wildman–Crippen MR) is 71.7 cm³/mol. The third-order valence-corrected chi connectivity index (χ3v) is 3.77. The summed E-state index contributed by atoms with van der Waals surface area (Å²) in [7, 11) is 0. The molecule has 1 aromatic rings. The van der Waals surface area contributed by atoms with Gasteiger partial charge in [0.05, 0.1) is 5.56 Å². The molecule has 0 bridgehead atoms. The van der Waals surface area contributed by atoms with Gasteiger partial charge in [-0.25, -0.2) is 4.79 Å². The average molecular weight is 247 g/mol. The van der Waals surface area contributed by atoms with E-state index in [-0.39, 0.29) is 0 Å². The number of rotatable bonds is 5. The molecule has 0 aromatic heterocycles. The Morgan fingerprint density at radius 1 is 1.33 bits per heavy atom. The highest BCUT2D eigenvalue weighted by atomic mass is 16.4. The van der Waals surface area contributed by atoms with Crippen molar-refractivity contribution in [2.75, 3.05) is 0 Å². The Bertz CT molecular complexity index is 407. The van der Waals surface area contributed by atoms with E-state index in [1.807, 2.05) is 12.1 Å². The van der Waals surface area contributed by atoms with Gasteiger partial charge in [-0.1, -0.05) is 18.6 Å². The van der Waals surface area contributed by atoms with Crippen molar-refractivity contribution < 1.29 is 9.90 Å². The average Bonchev–Trinajstić information content (AvgIpc) is 2.26. The maximum absolute atomic E-state index is 10.8. The summed E-state index contributed by atoms with van der Waals surface area (Å²) >= 11 is 0. The van der Waals surface area contributed by atoms with E-state index >= 15 is 0 Å². The van der Waals surface area contributed by atoms with Crippen LogP contribution >= 0.6 is 0 Å². The lowest BCUT2D eigenvalue weighted by Gasteiger charge is -2.40. The van der Waals surface area contributed by atoms with Gasteiger partial charge < -0.3 is 5.11 Å². The van der Waals surface area contributed by atoms with Crippen molar-refractivity contribution >= 4 is 5.97 Å². The summed E-state index contributed by atoms with van der Waals surface area (Å²) in [5.41, 5.74) is 1.55. The maximum Gasteiger partial charge on any atom is 0.335 e. The molecule has 0 heterocycles. The van der Waals surface area contributed by atoms with Crippen LogP contribution in [0.1, 0.15) is 49.0 Å². The van der Waals surface area contributed by atoms with Crippen LogP contribution < -0.4 is 0 Å². The smallest absolute Gasteiger partial charge is 0.335 e. The molecule has 98 valence electrons. The van der Waals surface area contributed by atoms with Gasteiger partial charge in [0.1, 0.15) is 0 Å². The van der Waals surface area contributed by atoms with Crippen molar-refractivity contribution in [3.05, 3.63) is 35.4 Å². The molecule has 1 aromatic carbocycles. The molecule has 3 nitrogen and oxygen atoms in total. The van der Waals surface area contributed by atoms with Crippen LogP contribution in [0.5, 0.6) is 0 Å². The van der Waals surface area contributed by atoms with Gasteiger partial charge in [-0.05, 0) is 44.4 Å². The molecular formula is C15H21NO2. The number of hydrogen-bond acceptors (Lipinski definition) is 2. The first-order valence-corrected chi connectivity index (χ1v) is 6.66. The Kier molecular flexibility index (Phi) is 4.02. The number of benzene rings is 1. The summed E-state index contributed by atoms with van der Waals surface area (Å²) < 4.78 is 0. The second-order valence-electron chi connectivity index (χ2n) is 5.35. The molecule has 1 N–H and O–H groups in total. The molecule has 3 heteroatoms. The van der Waals surface area contributed by atoms with Crippen LogP contribution in [0.25, 0.3) is 0 Å². The zero-order valence-corrected chi connectivity index (χ0v) is 11.1. The van der Waals surface area contributed by atoms with Crippen LogP contribution in [0.3, 0.4) is 0 Å². The summed E-state index contributed by atoms with van der Waals surface area (Å²) in [6.07, 6.45) is 3.93. The first kappa shape index (κ1) is 13.1. The van der Waals surface area contributed by atoms with Gasteiger partial charge in [-0.2, -0.15) is 0 Å². The van der Waals surface area contributed by atoms with Gasteiger partial charge in [0.2, 0.25) is 0 Å². The van der Waals surface area contributed by atoms with Crippen LogP contribution in [0, 0.1) is 0 Å². The predicted octanol–water partition coefficient (Wildman–Crippen LogP) is 3.15. The highest BCUT2D eigenvalue weighted by molar-refractivity contribution is 5.87. The first-order chi connectivity index (χ1) is 8.58. The highest BCUT2D eigenvalue weighted by Gasteiger charge is 2.26. The van der Waals surface area contributed by atoms with Crippen molar-refractivity contribution in [3.8, 4) is 0 Å². The van der Waals surface area contributed by atoms with Crippen LogP contribution in [0.15, 0.2) is 24.3 Å². The van der Waals surface area contributed by atoms with Crippen molar-refractivity contribution in [2.24, 2.45) is 0 Å². The van der Waals surface area contributed by atoms with Crippen molar-refractivity contribution in [3.63, 3.8) is 0 Å². The van der Waals surface area contributed by atoms with Crippen molar-refractivity contribution in [2.45, 2.75) is 51.7 Å². The molecule has 0 atom stereocenters. The number of aromatic carboxylic acids is 1. The minimum absolute atomic E-state index is 0.360. The molecule has 18 heavy (non-hydrogen) atoms. The van der Waals surface area contributed by atoms with E-state index in [1.54, 1.807) is 12.1 Å². The molecule has 1 fully saturated rings. The van der Waals surface area contributed by atoms with Gasteiger partial charge in [0.15, 0.2) is 0 Å². The summed E-state index contributed by atoms with van der Waals surface area (Å²) in [5.74, 6) is -0.860. The lowest BCUT2D eigenvalue weighted by molar-refractivity contribution is 0.0696. The van der Waals surface area contributed by atoms with E-state index in [4.69, 9.17) is 5.11 Å². The second kappa shape index (κ2) is 5.53. The minimum atomic E-state index is -0.860. The normalized spacial score (nSPS) is 16.0. The van der Waals surface area contributed by atoms with Crippen LogP contribution in [0.4, 0.5) is 0 Å². The van der Waals surface area contributed by atoms with Gasteiger partial charge in [-0.15, -0.1) is 0 Å². The lowest BCUT2D eigenvalue weighted by Crippen LogP contribution is -2.43. The number of nitrogens with zero attached hydrogens (tertiary/aromatic N) is 1. The third kappa shape index (κ3) is 2.91. The SMILES string of the molecule is CC(C)N(Cc1ccc(C(=O)O)cc1)C1CCC1. The molecule has 0 saturated heterocycles. The minimum Gasteiger partial charge on any atom is -0.478 e. The summed E-state index contributed by atoms with van der Waals surface area (Å²) in [4.78, 5) is 13.3. The summed E-state index contributed by atoms with van der Waals surface area (Å²) in [6, 6.07) is 8.49. The molecule has 1 aliphatic rings. The maximum atomic E-state index is 10.8. The van der Waals surface area contributed by atoms with E-state index in [9.17, 15) is 4.79 Å². The van der Waals surface area contributed by atoms with Crippen LogP contribution in [-0.2, 0) is 6.54 Å². The number of carboxylic acid groups (broad SMARTS) is 1. The van der Waals surface area contributed by atoms with Gasteiger partial charge in [0, 0.05) is 18.6 Å². The van der Waals surface area contributed by atoms with Gasteiger partial charge >= 0.3 is 5.97 Å². The Hall–Kier alpha value is -1.35. The molecular weight excluding hydrogens is 226 g/mol. The van der Waals surface area contributed by atoms with E-state index in [0.717, 1.165) is 6.54 Å². The quantitative estimate of drug-likeness (QED) is 0.869. The fraction of sp³-hybridized carbons (Fsp3) is 0.533. The molecule has 0 amide bonds. The zero-order valence-electron chi connectivity index (χ0n) is 11.1. The monoisotopic (exact) mass is 247 g/mol. The van der Waals surface area contributed by atoms with E-state index in [1.165, 1.54) is 24.8 Å². The van der Waals surface area contributed by atoms with E-state index in [0.29, 0.717) is 17.6 Å². The standard InChI is InChI=1S/C15H21NO2/c1-11(2)16(14-4-3-5-14)10-12-6-8-13(9-7-12)15(17)18/h6-9,11,14H,3-5,10H2,1-2H3,(H,17,18). The molecule has 1 aliphatic carbocycles. The molecule has 0 unspecified atom stereocenters. The first-order valence-electron chi connectivity index (χ1n) is 6.66. The largest absolute Gasteiger partial charge is 0.478 e. The van der Waals surface area contributed by atoms with Crippen LogP contribution in [-0.4, -0.2) is 28.1 Å². The van der Waals surface area contributed by atoms with Gasteiger partial charge in [-0.3, -0.25) is 4.90 Å². The molecule has 0 radical (unpaired) electrons. The third-order valence-electron chi connectivity index (χ3n) is 3.77. The molecule has 0 spiro atoms. The Labute approximate surface area is 108 Å². The summed E-state index contributed by atoms with van der Waals surface area (Å²) in [6.45, 7) is 5.37. The Balaban J connectivity index is 2.04. The molecule has 2 rings (SSSR count).